The van der Waals surface area contributed by atoms with Gasteiger partial charge >= 0.3 is 0 Å². The standard InChI is InChI=1S/C18H16ClN3O2/c1-12-8-14(19)6-7-17(12)24-11-18(23)22-21-10-13-9-20-16-5-3-2-4-15(13)16/h2-10,20H,11H2,1H3,(H,22,23). The molecule has 0 saturated carbocycles. The first kappa shape index (κ1) is 16.1. The van der Waals surface area contributed by atoms with E-state index in [2.05, 4.69) is 15.5 Å². The van der Waals surface area contributed by atoms with Crippen molar-refractivity contribution >= 4 is 34.6 Å². The van der Waals surface area contributed by atoms with Gasteiger partial charge < -0.3 is 9.72 Å². The lowest BCUT2D eigenvalue weighted by atomic mass is 10.2. The summed E-state index contributed by atoms with van der Waals surface area (Å²) in [7, 11) is 0. The molecule has 5 nitrogen and oxygen atoms in total. The van der Waals surface area contributed by atoms with E-state index in [0.717, 1.165) is 22.0 Å². The fourth-order valence-corrected chi connectivity index (χ4v) is 2.55. The first-order chi connectivity index (χ1) is 11.6. The van der Waals surface area contributed by atoms with Gasteiger partial charge in [-0.15, -0.1) is 0 Å². The van der Waals surface area contributed by atoms with Gasteiger partial charge in [-0.3, -0.25) is 4.79 Å². The Bertz CT molecular complexity index is 902. The van der Waals surface area contributed by atoms with Crippen LogP contribution in [0.4, 0.5) is 0 Å². The molecule has 3 aromatic rings. The number of para-hydroxylation sites is 1. The van der Waals surface area contributed by atoms with E-state index in [-0.39, 0.29) is 12.5 Å². The number of aromatic amines is 1. The Hall–Kier alpha value is -2.79. The number of aryl methyl sites for hydroxylation is 1. The molecule has 122 valence electrons. The molecule has 0 radical (unpaired) electrons. The van der Waals surface area contributed by atoms with Crippen LogP contribution in [0.25, 0.3) is 10.9 Å². The number of halogens is 1. The number of ether oxygens (including phenoxy) is 1. The third-order valence-corrected chi connectivity index (χ3v) is 3.74. The monoisotopic (exact) mass is 341 g/mol. The van der Waals surface area contributed by atoms with E-state index in [1.807, 2.05) is 37.4 Å². The molecule has 0 aliphatic heterocycles. The zero-order valence-corrected chi connectivity index (χ0v) is 13.8. The highest BCUT2D eigenvalue weighted by Gasteiger charge is 2.05. The Kier molecular flexibility index (Phi) is 4.82. The number of carbonyl (C=O) groups is 1. The summed E-state index contributed by atoms with van der Waals surface area (Å²) in [6, 6.07) is 13.1. The number of benzene rings is 2. The van der Waals surface area contributed by atoms with Gasteiger partial charge in [-0.2, -0.15) is 5.10 Å². The molecule has 1 heterocycles. The molecular weight excluding hydrogens is 326 g/mol. The Morgan fingerprint density at radius 1 is 1.33 bits per heavy atom. The average Bonchev–Trinajstić information content (AvgIpc) is 2.97. The maximum atomic E-state index is 11.8. The molecule has 24 heavy (non-hydrogen) atoms. The highest BCUT2D eigenvalue weighted by molar-refractivity contribution is 6.30. The minimum atomic E-state index is -0.333. The molecule has 0 aliphatic carbocycles. The summed E-state index contributed by atoms with van der Waals surface area (Å²) in [6.07, 6.45) is 3.44. The zero-order valence-electron chi connectivity index (χ0n) is 13.0. The Morgan fingerprint density at radius 2 is 2.17 bits per heavy atom. The average molecular weight is 342 g/mol. The first-order valence-corrected chi connectivity index (χ1v) is 7.78. The fourth-order valence-electron chi connectivity index (χ4n) is 2.32. The number of aromatic nitrogens is 1. The smallest absolute Gasteiger partial charge is 0.277 e. The van der Waals surface area contributed by atoms with E-state index in [1.165, 1.54) is 0 Å². The summed E-state index contributed by atoms with van der Waals surface area (Å²) in [5.41, 5.74) is 5.25. The van der Waals surface area contributed by atoms with Gasteiger partial charge in [0.2, 0.25) is 0 Å². The number of nitrogens with zero attached hydrogens (tertiary/aromatic N) is 1. The van der Waals surface area contributed by atoms with Crippen LogP contribution in [0.3, 0.4) is 0 Å². The van der Waals surface area contributed by atoms with Crippen molar-refractivity contribution in [2.45, 2.75) is 6.92 Å². The minimum absolute atomic E-state index is 0.117. The van der Waals surface area contributed by atoms with Crippen molar-refractivity contribution in [3.05, 3.63) is 64.8 Å². The number of hydrogen-bond acceptors (Lipinski definition) is 3. The molecule has 3 rings (SSSR count). The Labute approximate surface area is 144 Å². The molecule has 2 aromatic carbocycles. The van der Waals surface area contributed by atoms with Gasteiger partial charge in [-0.25, -0.2) is 5.43 Å². The molecule has 0 saturated heterocycles. The molecule has 0 aliphatic rings. The number of nitrogens with one attached hydrogen (secondary N) is 2. The van der Waals surface area contributed by atoms with Crippen molar-refractivity contribution in [1.29, 1.82) is 0 Å². The lowest BCUT2D eigenvalue weighted by Crippen LogP contribution is -2.24. The number of H-pyrrole nitrogens is 1. The summed E-state index contributed by atoms with van der Waals surface area (Å²) in [4.78, 5) is 14.9. The van der Waals surface area contributed by atoms with E-state index in [4.69, 9.17) is 16.3 Å². The first-order valence-electron chi connectivity index (χ1n) is 7.40. The maximum absolute atomic E-state index is 11.8. The van der Waals surface area contributed by atoms with Crippen LogP contribution in [-0.2, 0) is 4.79 Å². The molecule has 6 heteroatoms. The number of hydrazone groups is 1. The van der Waals surface area contributed by atoms with Crippen molar-refractivity contribution in [1.82, 2.24) is 10.4 Å². The van der Waals surface area contributed by atoms with Crippen molar-refractivity contribution < 1.29 is 9.53 Å². The predicted molar refractivity (Wildman–Crippen MR) is 95.7 cm³/mol. The molecule has 0 bridgehead atoms. The van der Waals surface area contributed by atoms with Gasteiger partial charge in [0, 0.05) is 27.7 Å². The highest BCUT2D eigenvalue weighted by Crippen LogP contribution is 2.21. The molecule has 0 atom stereocenters. The maximum Gasteiger partial charge on any atom is 0.277 e. The number of rotatable bonds is 5. The van der Waals surface area contributed by atoms with E-state index in [1.54, 1.807) is 24.4 Å². The van der Waals surface area contributed by atoms with Crippen LogP contribution in [0.5, 0.6) is 5.75 Å². The van der Waals surface area contributed by atoms with Gasteiger partial charge in [0.15, 0.2) is 6.61 Å². The Morgan fingerprint density at radius 3 is 3.00 bits per heavy atom. The van der Waals surface area contributed by atoms with Crippen LogP contribution < -0.4 is 10.2 Å². The Balaban J connectivity index is 1.55. The van der Waals surface area contributed by atoms with Gasteiger partial charge in [-0.05, 0) is 36.8 Å². The SMILES string of the molecule is Cc1cc(Cl)ccc1OCC(=O)NN=Cc1c[nH]c2ccccc12. The molecule has 2 N–H and O–H groups in total. The fraction of sp³-hybridized carbons (Fsp3) is 0.111. The second-order valence-corrected chi connectivity index (χ2v) is 5.72. The van der Waals surface area contributed by atoms with Gasteiger partial charge in [0.1, 0.15) is 5.75 Å². The second kappa shape index (κ2) is 7.19. The number of hydrogen-bond donors (Lipinski definition) is 2. The summed E-state index contributed by atoms with van der Waals surface area (Å²) >= 11 is 5.88. The lowest BCUT2D eigenvalue weighted by Gasteiger charge is -2.08. The van der Waals surface area contributed by atoms with Crippen molar-refractivity contribution in [2.75, 3.05) is 6.61 Å². The molecule has 1 amide bonds. The van der Waals surface area contributed by atoms with E-state index >= 15 is 0 Å². The van der Waals surface area contributed by atoms with E-state index in [0.29, 0.717) is 10.8 Å². The zero-order chi connectivity index (χ0) is 16.9. The summed E-state index contributed by atoms with van der Waals surface area (Å²) in [6.45, 7) is 1.75. The van der Waals surface area contributed by atoms with Crippen molar-refractivity contribution in [3.63, 3.8) is 0 Å². The third kappa shape index (κ3) is 3.75. The van der Waals surface area contributed by atoms with Gasteiger partial charge in [0.05, 0.1) is 6.21 Å². The van der Waals surface area contributed by atoms with E-state index in [9.17, 15) is 4.79 Å². The van der Waals surface area contributed by atoms with Crippen molar-refractivity contribution in [2.24, 2.45) is 5.10 Å². The van der Waals surface area contributed by atoms with Crippen LogP contribution in [-0.4, -0.2) is 23.7 Å². The number of amides is 1. The number of carbonyl (C=O) groups excluding carboxylic acids is 1. The summed E-state index contributed by atoms with van der Waals surface area (Å²) < 4.78 is 5.46. The summed E-state index contributed by atoms with van der Waals surface area (Å²) in [5, 5.41) is 5.64. The molecule has 1 aromatic heterocycles. The predicted octanol–water partition coefficient (Wildman–Crippen LogP) is 3.66. The lowest BCUT2D eigenvalue weighted by molar-refractivity contribution is -0.123. The van der Waals surface area contributed by atoms with Crippen LogP contribution >= 0.6 is 11.6 Å². The molecular formula is C18H16ClN3O2. The van der Waals surface area contributed by atoms with Crippen LogP contribution in [0, 0.1) is 6.92 Å². The van der Waals surface area contributed by atoms with Gasteiger partial charge in [0.25, 0.3) is 5.91 Å². The van der Waals surface area contributed by atoms with Crippen molar-refractivity contribution in [3.8, 4) is 5.75 Å². The van der Waals surface area contributed by atoms with Crippen LogP contribution in [0.2, 0.25) is 5.02 Å². The second-order valence-electron chi connectivity index (χ2n) is 5.28. The molecule has 0 fully saturated rings. The molecule has 0 spiro atoms. The number of fused-ring (bicyclic) bond motifs is 1. The molecule has 0 unspecified atom stereocenters. The van der Waals surface area contributed by atoms with Gasteiger partial charge in [-0.1, -0.05) is 29.8 Å². The largest absolute Gasteiger partial charge is 0.483 e. The normalized spacial score (nSPS) is 11.1. The topological polar surface area (TPSA) is 66.5 Å². The minimum Gasteiger partial charge on any atom is -0.483 e. The summed E-state index contributed by atoms with van der Waals surface area (Å²) in [5.74, 6) is 0.288. The van der Waals surface area contributed by atoms with E-state index < -0.39 is 0 Å². The third-order valence-electron chi connectivity index (χ3n) is 3.51. The quantitative estimate of drug-likeness (QED) is 0.549. The van der Waals surface area contributed by atoms with Crippen LogP contribution in [0.1, 0.15) is 11.1 Å². The van der Waals surface area contributed by atoms with Crippen LogP contribution in [0.15, 0.2) is 53.8 Å². The highest BCUT2D eigenvalue weighted by atomic mass is 35.5.